The summed E-state index contributed by atoms with van der Waals surface area (Å²) in [6.45, 7) is 0. The predicted molar refractivity (Wildman–Crippen MR) is 116 cm³/mol. The summed E-state index contributed by atoms with van der Waals surface area (Å²) in [5.41, 5.74) is -0.761. The minimum atomic E-state index is -4.54. The number of hydrogen-bond acceptors (Lipinski definition) is 5. The zero-order chi connectivity index (χ0) is 23.9. The summed E-state index contributed by atoms with van der Waals surface area (Å²) in [5, 5.41) is 11.0. The van der Waals surface area contributed by atoms with Crippen LogP contribution in [0.2, 0.25) is 0 Å². The van der Waals surface area contributed by atoms with Crippen LogP contribution in [0.25, 0.3) is 22.4 Å². The van der Waals surface area contributed by atoms with Crippen LogP contribution in [-0.4, -0.2) is 29.3 Å². The molecule has 168 valence electrons. The maximum Gasteiger partial charge on any atom is 0.264 e. The van der Waals surface area contributed by atoms with Crippen molar-refractivity contribution in [3.8, 4) is 0 Å². The monoisotopic (exact) mass is 492 g/mol. The van der Waals surface area contributed by atoms with Crippen LogP contribution < -0.4 is 0 Å². The fraction of sp³-hybridized carbons (Fsp3) is 0. The summed E-state index contributed by atoms with van der Waals surface area (Å²) >= 11 is 0. The Morgan fingerprint density at radius 2 is 1.67 bits per heavy atom. The number of H-pyrrole nitrogens is 1. The lowest BCUT2D eigenvalue weighted by Gasteiger charge is -2.11. The number of allylic oxidation sites excluding steroid dienone is 1. The molecule has 0 saturated carbocycles. The first-order chi connectivity index (χ1) is 15.6. The van der Waals surface area contributed by atoms with Gasteiger partial charge in [0.15, 0.2) is 0 Å². The van der Waals surface area contributed by atoms with Crippen LogP contribution in [-0.2, 0) is 9.05 Å². The summed E-state index contributed by atoms with van der Waals surface area (Å²) in [6, 6.07) is 11.2. The summed E-state index contributed by atoms with van der Waals surface area (Å²) in [5.74, 6) is -5.37. The third-order valence-corrected chi connectivity index (χ3v) is 6.07. The third kappa shape index (κ3) is 4.35. The number of carbonyl (C=O) groups is 1. The number of aliphatic hydroxyl groups is 1. The van der Waals surface area contributed by atoms with Gasteiger partial charge >= 0.3 is 0 Å². The van der Waals surface area contributed by atoms with Gasteiger partial charge in [-0.05, 0) is 48.5 Å². The first-order valence-corrected chi connectivity index (χ1v) is 11.5. The molecule has 6 nitrogen and oxygen atoms in total. The lowest BCUT2D eigenvalue weighted by molar-refractivity contribution is 0.105. The van der Waals surface area contributed by atoms with Crippen LogP contribution in [0.15, 0.2) is 65.6 Å². The summed E-state index contributed by atoms with van der Waals surface area (Å²) in [6.07, 6.45) is 0. The van der Waals surface area contributed by atoms with Crippen molar-refractivity contribution < 1.29 is 31.5 Å². The standard InChI is InChI=1S/C22H12ClF3N2O4S/c23-33(31,32)18-9-11(5-7-15(18)26)20(29)19(21(30)13-10-12(24)6-8-14(13)25)22-27-16-3-1-2-4-17(16)28-22/h1-10,29H,(H,27,28)/b20-19-. The number of benzene rings is 3. The van der Waals surface area contributed by atoms with E-state index < -0.39 is 54.1 Å². The van der Waals surface area contributed by atoms with Gasteiger partial charge in [0.1, 0.15) is 39.5 Å². The molecule has 0 radical (unpaired) electrons. The van der Waals surface area contributed by atoms with Crippen molar-refractivity contribution in [3.05, 3.63) is 95.1 Å². The molecular formula is C22H12ClF3N2O4S. The highest BCUT2D eigenvalue weighted by Crippen LogP contribution is 2.31. The van der Waals surface area contributed by atoms with Gasteiger partial charge in [-0.25, -0.2) is 26.6 Å². The number of aromatic amines is 1. The van der Waals surface area contributed by atoms with Gasteiger partial charge in [0.2, 0.25) is 5.78 Å². The highest BCUT2D eigenvalue weighted by atomic mass is 35.7. The van der Waals surface area contributed by atoms with E-state index in [1.54, 1.807) is 24.3 Å². The van der Waals surface area contributed by atoms with Crippen molar-refractivity contribution >= 4 is 47.9 Å². The third-order valence-electron chi connectivity index (χ3n) is 4.73. The molecule has 0 unspecified atom stereocenters. The second-order valence-electron chi connectivity index (χ2n) is 6.86. The van der Waals surface area contributed by atoms with E-state index in [2.05, 4.69) is 9.97 Å². The molecule has 1 heterocycles. The average molecular weight is 493 g/mol. The lowest BCUT2D eigenvalue weighted by Crippen LogP contribution is -2.10. The fourth-order valence-electron chi connectivity index (χ4n) is 3.19. The number of fused-ring (bicyclic) bond motifs is 1. The normalized spacial score (nSPS) is 12.6. The Balaban J connectivity index is 2.01. The van der Waals surface area contributed by atoms with Crippen LogP contribution >= 0.6 is 10.7 Å². The molecule has 11 heteroatoms. The Morgan fingerprint density at radius 1 is 0.970 bits per heavy atom. The van der Waals surface area contributed by atoms with Gasteiger partial charge in [-0.2, -0.15) is 0 Å². The molecule has 4 rings (SSSR count). The molecule has 0 bridgehead atoms. The van der Waals surface area contributed by atoms with Crippen LogP contribution in [0.1, 0.15) is 21.7 Å². The molecule has 0 aliphatic rings. The quantitative estimate of drug-likeness (QED) is 0.172. The number of nitrogens with one attached hydrogen (secondary N) is 1. The number of Topliss-reactive ketones (excluding diaryl/α,β-unsaturated/α-hetero) is 1. The van der Waals surface area contributed by atoms with Crippen LogP contribution in [0.5, 0.6) is 0 Å². The second-order valence-corrected chi connectivity index (χ2v) is 9.40. The molecule has 33 heavy (non-hydrogen) atoms. The maximum absolute atomic E-state index is 14.4. The van der Waals surface area contributed by atoms with Gasteiger partial charge in [0.25, 0.3) is 9.05 Å². The average Bonchev–Trinajstić information content (AvgIpc) is 3.18. The molecule has 1 aromatic heterocycles. The Kier molecular flexibility index (Phi) is 5.73. The zero-order valence-corrected chi connectivity index (χ0v) is 17.9. The van der Waals surface area contributed by atoms with Crippen LogP contribution in [0.4, 0.5) is 13.2 Å². The van der Waals surface area contributed by atoms with Gasteiger partial charge in [0, 0.05) is 16.2 Å². The van der Waals surface area contributed by atoms with E-state index in [1.165, 1.54) is 0 Å². The SMILES string of the molecule is O=C(/C(=C(/O)c1ccc(F)c(S(=O)(=O)Cl)c1)c1nc2ccccc2[nH]1)c1cc(F)ccc1F. The maximum atomic E-state index is 14.4. The predicted octanol–water partition coefficient (Wildman–Crippen LogP) is 5.22. The van der Waals surface area contributed by atoms with E-state index in [0.717, 1.165) is 24.3 Å². The summed E-state index contributed by atoms with van der Waals surface area (Å²) in [7, 11) is 0.705. The number of hydrogen-bond donors (Lipinski definition) is 2. The van der Waals surface area contributed by atoms with Crippen molar-refractivity contribution in [3.63, 3.8) is 0 Å². The molecule has 0 atom stereocenters. The van der Waals surface area contributed by atoms with Crippen molar-refractivity contribution in [2.24, 2.45) is 0 Å². The molecular weight excluding hydrogens is 481 g/mol. The van der Waals surface area contributed by atoms with E-state index in [9.17, 15) is 31.5 Å². The molecule has 2 N–H and O–H groups in total. The van der Waals surface area contributed by atoms with E-state index in [4.69, 9.17) is 10.7 Å². The second kappa shape index (κ2) is 8.38. The zero-order valence-electron chi connectivity index (χ0n) is 16.3. The largest absolute Gasteiger partial charge is 0.506 e. The van der Waals surface area contributed by atoms with E-state index >= 15 is 0 Å². The van der Waals surface area contributed by atoms with Crippen molar-refractivity contribution in [1.82, 2.24) is 9.97 Å². The van der Waals surface area contributed by atoms with Crippen molar-refractivity contribution in [2.45, 2.75) is 4.90 Å². The van der Waals surface area contributed by atoms with E-state index in [-0.39, 0.29) is 11.4 Å². The molecule has 0 saturated heterocycles. The number of rotatable bonds is 5. The number of halogens is 4. The van der Waals surface area contributed by atoms with Gasteiger partial charge < -0.3 is 10.1 Å². The molecule has 0 fully saturated rings. The Hall–Kier alpha value is -3.63. The van der Waals surface area contributed by atoms with E-state index in [1.807, 2.05) is 0 Å². The van der Waals surface area contributed by atoms with Gasteiger partial charge in [0.05, 0.1) is 16.6 Å². The molecule has 3 aromatic carbocycles. The molecule has 0 aliphatic heterocycles. The Labute approximate surface area is 189 Å². The van der Waals surface area contributed by atoms with Gasteiger partial charge in [-0.1, -0.05) is 12.1 Å². The topological polar surface area (TPSA) is 100 Å². The number of imidazole rings is 1. The van der Waals surface area contributed by atoms with Gasteiger partial charge in [-0.15, -0.1) is 0 Å². The Bertz CT molecular complexity index is 1530. The van der Waals surface area contributed by atoms with Gasteiger partial charge in [-0.3, -0.25) is 4.79 Å². The minimum absolute atomic E-state index is 0.207. The molecule has 0 amide bonds. The number of carbonyl (C=O) groups excluding carboxylic acids is 1. The number of para-hydroxylation sites is 2. The number of aliphatic hydroxyl groups excluding tert-OH is 1. The number of aromatic nitrogens is 2. The summed E-state index contributed by atoms with van der Waals surface area (Å²) in [4.78, 5) is 19.3. The number of ketones is 1. The smallest absolute Gasteiger partial charge is 0.264 e. The molecule has 4 aromatic rings. The van der Waals surface area contributed by atoms with Crippen LogP contribution in [0.3, 0.4) is 0 Å². The van der Waals surface area contributed by atoms with Crippen molar-refractivity contribution in [2.75, 3.05) is 0 Å². The minimum Gasteiger partial charge on any atom is -0.506 e. The van der Waals surface area contributed by atoms with Crippen molar-refractivity contribution in [1.29, 1.82) is 0 Å². The Morgan fingerprint density at radius 3 is 2.36 bits per heavy atom. The highest BCUT2D eigenvalue weighted by Gasteiger charge is 2.27. The molecule has 0 aliphatic carbocycles. The first kappa shape index (κ1) is 22.6. The highest BCUT2D eigenvalue weighted by molar-refractivity contribution is 8.13. The fourth-order valence-corrected chi connectivity index (χ4v) is 4.11. The van der Waals surface area contributed by atoms with E-state index in [0.29, 0.717) is 23.2 Å². The van der Waals surface area contributed by atoms with Crippen LogP contribution in [0, 0.1) is 17.5 Å². The first-order valence-electron chi connectivity index (χ1n) is 9.19. The number of nitrogens with zero attached hydrogens (tertiary/aromatic N) is 1. The summed E-state index contributed by atoms with van der Waals surface area (Å²) < 4.78 is 65.4. The molecule has 0 spiro atoms. The lowest BCUT2D eigenvalue weighted by atomic mass is 9.98.